The van der Waals surface area contributed by atoms with E-state index < -0.39 is 20.1 Å². The zero-order valence-electron chi connectivity index (χ0n) is 26.1. The summed E-state index contributed by atoms with van der Waals surface area (Å²) in [7, 11) is 0. The van der Waals surface area contributed by atoms with Gasteiger partial charge < -0.3 is 4.42 Å². The molecule has 2 aromatic carbocycles. The molecule has 0 saturated heterocycles. The summed E-state index contributed by atoms with van der Waals surface area (Å²) < 4.78 is 73.0. The van der Waals surface area contributed by atoms with Crippen LogP contribution in [0.3, 0.4) is 0 Å². The fourth-order valence-electron chi connectivity index (χ4n) is 4.74. The quantitative estimate of drug-likeness (QED) is 0.284. The zero-order chi connectivity index (χ0) is 29.2. The van der Waals surface area contributed by atoms with Crippen molar-refractivity contribution in [3.05, 3.63) is 83.6 Å². The molecule has 0 amide bonds. The van der Waals surface area contributed by atoms with Gasteiger partial charge in [-0.3, -0.25) is 4.98 Å². The Kier molecular flexibility index (Phi) is 3.28. The first-order valence-corrected chi connectivity index (χ1v) is 11.3. The van der Waals surface area contributed by atoms with E-state index in [0.717, 1.165) is 18.4 Å². The highest BCUT2D eigenvalue weighted by Crippen LogP contribution is 2.38. The van der Waals surface area contributed by atoms with Gasteiger partial charge in [0.05, 0.1) is 11.4 Å². The predicted octanol–water partition coefficient (Wildman–Crippen LogP) is 8.06. The Morgan fingerprint density at radius 1 is 0.970 bits per heavy atom. The topological polar surface area (TPSA) is 38.9 Å². The van der Waals surface area contributed by atoms with Gasteiger partial charge in [-0.2, -0.15) is 0 Å². The molecule has 0 bridgehead atoms. The average Bonchev–Trinajstić information content (AvgIpc) is 3.60. The molecular formula is C30H28N2O. The minimum absolute atomic E-state index is 0.0716. The Labute approximate surface area is 205 Å². The summed E-state index contributed by atoms with van der Waals surface area (Å²) in [4.78, 5) is 9.20. The maximum atomic E-state index is 8.84. The standard InChI is InChI=1S/C30H28N2O/c1-19-12-13-24(27-16-20(2)23(18-31-27)17-21-8-6-7-9-21)29-28(19)25-14-15-26(32-30(25)33-29)22-10-4-3-5-11-22/h3-5,10-16,18,21H,6-9,17H2,1-2H3/i1D3,2D3,17D2. The number of rotatable bonds is 4. The summed E-state index contributed by atoms with van der Waals surface area (Å²) in [6, 6.07) is 17.6. The smallest absolute Gasteiger partial charge is 0.227 e. The molecule has 3 heteroatoms. The van der Waals surface area contributed by atoms with Gasteiger partial charge in [0, 0.05) is 39.1 Å². The monoisotopic (exact) mass is 440 g/mol. The number of benzene rings is 2. The second-order valence-electron chi connectivity index (χ2n) is 8.62. The van der Waals surface area contributed by atoms with Gasteiger partial charge in [-0.1, -0.05) is 62.1 Å². The van der Waals surface area contributed by atoms with Crippen LogP contribution in [-0.2, 0) is 6.37 Å². The molecule has 1 saturated carbocycles. The fraction of sp³-hybridized carbons (Fsp3) is 0.267. The van der Waals surface area contributed by atoms with E-state index in [1.165, 1.54) is 18.3 Å². The number of aromatic nitrogens is 2. The van der Waals surface area contributed by atoms with Crippen molar-refractivity contribution in [3.8, 4) is 22.5 Å². The Hall–Kier alpha value is -3.46. The molecule has 0 radical (unpaired) electrons. The van der Waals surface area contributed by atoms with Gasteiger partial charge in [0.2, 0.25) is 5.71 Å². The lowest BCUT2D eigenvalue weighted by Gasteiger charge is -2.12. The Morgan fingerprint density at radius 3 is 2.64 bits per heavy atom. The van der Waals surface area contributed by atoms with E-state index in [9.17, 15) is 0 Å². The molecule has 1 aliphatic carbocycles. The highest BCUT2D eigenvalue weighted by molar-refractivity contribution is 6.10. The van der Waals surface area contributed by atoms with E-state index in [4.69, 9.17) is 15.4 Å². The van der Waals surface area contributed by atoms with Crippen molar-refractivity contribution in [1.82, 2.24) is 9.97 Å². The summed E-state index contributed by atoms with van der Waals surface area (Å²) in [6.07, 6.45) is 2.71. The van der Waals surface area contributed by atoms with Gasteiger partial charge in [0.15, 0.2) is 0 Å². The molecule has 1 aliphatic rings. The van der Waals surface area contributed by atoms with Gasteiger partial charge >= 0.3 is 0 Å². The molecule has 3 nitrogen and oxygen atoms in total. The van der Waals surface area contributed by atoms with Crippen LogP contribution in [0.4, 0.5) is 0 Å². The summed E-state index contributed by atoms with van der Waals surface area (Å²) in [5, 5.41) is 0.894. The third kappa shape index (κ3) is 3.62. The summed E-state index contributed by atoms with van der Waals surface area (Å²) >= 11 is 0. The van der Waals surface area contributed by atoms with Crippen LogP contribution < -0.4 is 0 Å². The lowest BCUT2D eigenvalue weighted by atomic mass is 9.95. The van der Waals surface area contributed by atoms with Gasteiger partial charge in [0.25, 0.3) is 0 Å². The second-order valence-corrected chi connectivity index (χ2v) is 8.62. The van der Waals surface area contributed by atoms with E-state index in [-0.39, 0.29) is 39.6 Å². The van der Waals surface area contributed by atoms with E-state index >= 15 is 0 Å². The lowest BCUT2D eigenvalue weighted by Crippen LogP contribution is -2.02. The van der Waals surface area contributed by atoms with Crippen molar-refractivity contribution < 1.29 is 15.4 Å². The first-order chi connectivity index (χ1) is 19.4. The highest BCUT2D eigenvalue weighted by atomic mass is 16.3. The van der Waals surface area contributed by atoms with E-state index in [0.29, 0.717) is 34.9 Å². The molecule has 1 fully saturated rings. The van der Waals surface area contributed by atoms with Crippen molar-refractivity contribution in [2.24, 2.45) is 5.92 Å². The Bertz CT molecular complexity index is 1750. The first-order valence-electron chi connectivity index (χ1n) is 15.3. The molecule has 0 N–H and O–H groups in total. The molecule has 0 spiro atoms. The maximum Gasteiger partial charge on any atom is 0.227 e. The number of nitrogens with zero attached hydrogens (tertiary/aromatic N) is 2. The van der Waals surface area contributed by atoms with Crippen LogP contribution in [0.15, 0.2) is 71.3 Å². The summed E-state index contributed by atoms with van der Waals surface area (Å²) in [5.74, 6) is -0.276. The molecule has 5 aromatic rings. The van der Waals surface area contributed by atoms with Crippen molar-refractivity contribution in [3.63, 3.8) is 0 Å². The van der Waals surface area contributed by atoms with Crippen LogP contribution in [-0.4, -0.2) is 9.97 Å². The minimum atomic E-state index is -2.59. The predicted molar refractivity (Wildman–Crippen MR) is 135 cm³/mol. The Balaban J connectivity index is 1.57. The normalized spacial score (nSPS) is 19.3. The molecule has 0 aliphatic heterocycles. The van der Waals surface area contributed by atoms with Crippen molar-refractivity contribution in [2.75, 3.05) is 0 Å². The minimum Gasteiger partial charge on any atom is -0.437 e. The largest absolute Gasteiger partial charge is 0.437 e. The van der Waals surface area contributed by atoms with Crippen LogP contribution in [0.5, 0.6) is 0 Å². The van der Waals surface area contributed by atoms with E-state index in [1.807, 2.05) is 36.4 Å². The van der Waals surface area contributed by atoms with Gasteiger partial charge in [-0.25, -0.2) is 4.98 Å². The molecule has 164 valence electrons. The van der Waals surface area contributed by atoms with E-state index in [2.05, 4.69) is 9.97 Å². The maximum absolute atomic E-state index is 8.84. The van der Waals surface area contributed by atoms with Crippen molar-refractivity contribution >= 4 is 22.1 Å². The Morgan fingerprint density at radius 2 is 1.82 bits per heavy atom. The fourth-order valence-corrected chi connectivity index (χ4v) is 4.74. The summed E-state index contributed by atoms with van der Waals surface area (Å²) in [5.41, 5.74) is 2.76. The van der Waals surface area contributed by atoms with Crippen LogP contribution >= 0.6 is 0 Å². The van der Waals surface area contributed by atoms with Crippen LogP contribution in [0, 0.1) is 19.6 Å². The molecule has 0 atom stereocenters. The molecule has 3 aromatic heterocycles. The number of furan rings is 1. The molecule has 3 heterocycles. The van der Waals surface area contributed by atoms with Gasteiger partial charge in [-0.15, -0.1) is 0 Å². The number of pyridine rings is 2. The zero-order valence-corrected chi connectivity index (χ0v) is 18.1. The highest BCUT2D eigenvalue weighted by Gasteiger charge is 2.19. The van der Waals surface area contributed by atoms with Gasteiger partial charge in [-0.05, 0) is 67.0 Å². The average molecular weight is 441 g/mol. The SMILES string of the molecule is [2H]C([2H])([2H])c1cc(-c2ccc(C([2H])([2H])[2H])c3c2oc2nc(-c4ccccc4)ccc23)ncc1C([2H])([2H])C1CCCC1. The number of fused-ring (bicyclic) bond motifs is 3. The lowest BCUT2D eigenvalue weighted by molar-refractivity contribution is 0.544. The first kappa shape index (κ1) is 13.3. The van der Waals surface area contributed by atoms with Crippen LogP contribution in [0.25, 0.3) is 44.6 Å². The second kappa shape index (κ2) is 8.15. The number of aryl methyl sites for hydroxylation is 2. The third-order valence-corrected chi connectivity index (χ3v) is 6.45. The van der Waals surface area contributed by atoms with Crippen molar-refractivity contribution in [1.29, 1.82) is 0 Å². The number of hydrogen-bond donors (Lipinski definition) is 0. The third-order valence-electron chi connectivity index (χ3n) is 6.45. The van der Waals surface area contributed by atoms with Crippen molar-refractivity contribution in [2.45, 2.75) is 45.8 Å². The van der Waals surface area contributed by atoms with Crippen LogP contribution in [0.1, 0.15) is 53.3 Å². The summed E-state index contributed by atoms with van der Waals surface area (Å²) in [6.45, 7) is -5.03. The molecular weight excluding hydrogens is 404 g/mol. The van der Waals surface area contributed by atoms with Crippen LogP contribution in [0.2, 0.25) is 0 Å². The van der Waals surface area contributed by atoms with Gasteiger partial charge in [0.1, 0.15) is 5.58 Å². The molecule has 6 rings (SSSR count). The molecule has 33 heavy (non-hydrogen) atoms. The number of hydrogen-bond acceptors (Lipinski definition) is 3. The molecule has 0 unspecified atom stereocenters. The van der Waals surface area contributed by atoms with E-state index in [1.54, 1.807) is 12.1 Å².